The number of aromatic nitrogens is 1. The molecule has 1 aliphatic rings. The molecular formula is C18H26N4O4. The van der Waals surface area contributed by atoms with Crippen LogP contribution < -0.4 is 5.32 Å². The number of carbonyl (C=O) groups excluding carboxylic acids is 3. The van der Waals surface area contributed by atoms with Crippen LogP contribution in [0.15, 0.2) is 24.5 Å². The Morgan fingerprint density at radius 1 is 1.35 bits per heavy atom. The van der Waals surface area contributed by atoms with Crippen LogP contribution in [0.4, 0.5) is 0 Å². The molecular weight excluding hydrogens is 336 g/mol. The number of ether oxygens (including phenoxy) is 1. The summed E-state index contributed by atoms with van der Waals surface area (Å²) < 4.78 is 4.93. The molecule has 1 aromatic rings. The highest BCUT2D eigenvalue weighted by atomic mass is 16.5. The third-order valence-corrected chi connectivity index (χ3v) is 4.51. The molecule has 142 valence electrons. The number of likely N-dealkylation sites (N-methyl/N-ethyl adjacent to an activating group) is 1. The summed E-state index contributed by atoms with van der Waals surface area (Å²) in [5.74, 6) is -0.619. The molecule has 1 saturated heterocycles. The van der Waals surface area contributed by atoms with Gasteiger partial charge >= 0.3 is 0 Å². The Morgan fingerprint density at radius 2 is 2.08 bits per heavy atom. The number of amides is 3. The zero-order valence-electron chi connectivity index (χ0n) is 15.5. The fourth-order valence-corrected chi connectivity index (χ4v) is 3.17. The minimum Gasteiger partial charge on any atom is -0.375 e. The molecule has 0 aromatic carbocycles. The molecule has 2 atom stereocenters. The molecule has 0 bridgehead atoms. The van der Waals surface area contributed by atoms with Gasteiger partial charge in [-0.2, -0.15) is 0 Å². The van der Waals surface area contributed by atoms with E-state index in [1.54, 1.807) is 23.2 Å². The molecule has 1 N–H and O–H groups in total. The standard InChI is InChI=1S/C18H26N4O4/c1-4-21(5-2)18(25)15-9-14(11-22(15)16(23)12-26-3)20-17(24)13-7-6-8-19-10-13/h6-8,10,14-15H,4-5,9,11-12H2,1-3H3,(H,20,24)/t14-,15+/m1/s1. The number of carbonyl (C=O) groups is 3. The Bertz CT molecular complexity index is 633. The summed E-state index contributed by atoms with van der Waals surface area (Å²) in [6.07, 6.45) is 3.46. The average molecular weight is 362 g/mol. The zero-order valence-corrected chi connectivity index (χ0v) is 15.5. The van der Waals surface area contributed by atoms with Gasteiger partial charge in [-0.1, -0.05) is 0 Å². The Kier molecular flexibility index (Phi) is 7.08. The van der Waals surface area contributed by atoms with Crippen LogP contribution in [0.3, 0.4) is 0 Å². The second-order valence-electron chi connectivity index (χ2n) is 6.15. The van der Waals surface area contributed by atoms with E-state index in [1.807, 2.05) is 13.8 Å². The molecule has 8 nitrogen and oxygen atoms in total. The van der Waals surface area contributed by atoms with Crippen LogP contribution in [-0.4, -0.2) is 77.9 Å². The summed E-state index contributed by atoms with van der Waals surface area (Å²) in [4.78, 5) is 44.7. The lowest BCUT2D eigenvalue weighted by Crippen LogP contribution is -2.48. The predicted octanol–water partition coefficient (Wildman–Crippen LogP) is 0.296. The highest BCUT2D eigenvalue weighted by Gasteiger charge is 2.41. The van der Waals surface area contributed by atoms with E-state index in [1.165, 1.54) is 18.2 Å². The lowest BCUT2D eigenvalue weighted by Gasteiger charge is -2.28. The minimum absolute atomic E-state index is 0.0920. The quantitative estimate of drug-likeness (QED) is 0.753. The van der Waals surface area contributed by atoms with Crippen molar-refractivity contribution in [3.8, 4) is 0 Å². The first-order chi connectivity index (χ1) is 12.5. The lowest BCUT2D eigenvalue weighted by atomic mass is 10.1. The number of hydrogen-bond donors (Lipinski definition) is 1. The minimum atomic E-state index is -0.586. The van der Waals surface area contributed by atoms with Crippen LogP contribution in [0.2, 0.25) is 0 Å². The summed E-state index contributed by atoms with van der Waals surface area (Å²) in [5.41, 5.74) is 0.445. The monoisotopic (exact) mass is 362 g/mol. The molecule has 0 spiro atoms. The highest BCUT2D eigenvalue weighted by Crippen LogP contribution is 2.21. The molecule has 3 amide bonds. The molecule has 2 rings (SSSR count). The molecule has 0 radical (unpaired) electrons. The predicted molar refractivity (Wildman–Crippen MR) is 95.4 cm³/mol. The van der Waals surface area contributed by atoms with E-state index in [0.29, 0.717) is 25.1 Å². The van der Waals surface area contributed by atoms with Gasteiger partial charge in [-0.25, -0.2) is 0 Å². The normalized spacial score (nSPS) is 19.3. The maximum atomic E-state index is 12.8. The lowest BCUT2D eigenvalue weighted by molar-refractivity contribution is -0.145. The first-order valence-corrected chi connectivity index (χ1v) is 8.79. The van der Waals surface area contributed by atoms with Crippen LogP contribution in [0.1, 0.15) is 30.6 Å². The molecule has 1 fully saturated rings. The average Bonchev–Trinajstić information content (AvgIpc) is 3.07. The molecule has 1 aliphatic heterocycles. The van der Waals surface area contributed by atoms with E-state index < -0.39 is 6.04 Å². The summed E-state index contributed by atoms with van der Waals surface area (Å²) in [6, 6.07) is 2.47. The molecule has 1 aromatic heterocycles. The van der Waals surface area contributed by atoms with Gasteiger partial charge in [0.2, 0.25) is 11.8 Å². The van der Waals surface area contributed by atoms with E-state index in [-0.39, 0.29) is 36.9 Å². The van der Waals surface area contributed by atoms with E-state index in [2.05, 4.69) is 10.3 Å². The van der Waals surface area contributed by atoms with Gasteiger partial charge in [0.25, 0.3) is 5.91 Å². The third kappa shape index (κ3) is 4.57. The van der Waals surface area contributed by atoms with Crippen molar-refractivity contribution in [3.05, 3.63) is 30.1 Å². The van der Waals surface area contributed by atoms with E-state index in [0.717, 1.165) is 0 Å². The van der Waals surface area contributed by atoms with Gasteiger partial charge < -0.3 is 19.9 Å². The zero-order chi connectivity index (χ0) is 19.1. The van der Waals surface area contributed by atoms with Crippen LogP contribution in [0, 0.1) is 0 Å². The van der Waals surface area contributed by atoms with E-state index in [9.17, 15) is 14.4 Å². The van der Waals surface area contributed by atoms with Crippen molar-refractivity contribution in [1.82, 2.24) is 20.1 Å². The summed E-state index contributed by atoms with van der Waals surface area (Å²) in [6.45, 7) is 5.14. The highest BCUT2D eigenvalue weighted by molar-refractivity contribution is 5.94. The second-order valence-corrected chi connectivity index (χ2v) is 6.15. The maximum Gasteiger partial charge on any atom is 0.253 e. The van der Waals surface area contributed by atoms with Gasteiger partial charge in [0.1, 0.15) is 12.6 Å². The van der Waals surface area contributed by atoms with Crippen molar-refractivity contribution in [1.29, 1.82) is 0 Å². The van der Waals surface area contributed by atoms with Crippen molar-refractivity contribution >= 4 is 17.7 Å². The number of hydrogen-bond acceptors (Lipinski definition) is 5. The van der Waals surface area contributed by atoms with Crippen molar-refractivity contribution in [2.75, 3.05) is 33.4 Å². The van der Waals surface area contributed by atoms with Gasteiger partial charge in [-0.3, -0.25) is 19.4 Å². The van der Waals surface area contributed by atoms with Crippen molar-refractivity contribution in [3.63, 3.8) is 0 Å². The summed E-state index contributed by atoms with van der Waals surface area (Å²) in [5, 5.41) is 2.90. The number of pyridine rings is 1. The molecule has 8 heteroatoms. The van der Waals surface area contributed by atoms with Gasteiger partial charge in [-0.05, 0) is 32.4 Å². The fraction of sp³-hybridized carbons (Fsp3) is 0.556. The van der Waals surface area contributed by atoms with Gasteiger partial charge in [-0.15, -0.1) is 0 Å². The Labute approximate surface area is 153 Å². The van der Waals surface area contributed by atoms with Crippen LogP contribution in [0.5, 0.6) is 0 Å². The smallest absolute Gasteiger partial charge is 0.253 e. The third-order valence-electron chi connectivity index (χ3n) is 4.51. The summed E-state index contributed by atoms with van der Waals surface area (Å²) >= 11 is 0. The first-order valence-electron chi connectivity index (χ1n) is 8.79. The number of nitrogens with one attached hydrogen (secondary N) is 1. The molecule has 0 aliphatic carbocycles. The SMILES string of the molecule is CCN(CC)C(=O)[C@@H]1C[C@@H](NC(=O)c2cccnc2)CN1C(=O)COC. The van der Waals surface area contributed by atoms with E-state index in [4.69, 9.17) is 4.74 Å². The number of likely N-dealkylation sites (tertiary alicyclic amines) is 1. The molecule has 26 heavy (non-hydrogen) atoms. The first kappa shape index (κ1) is 19.8. The Morgan fingerprint density at radius 3 is 2.65 bits per heavy atom. The van der Waals surface area contributed by atoms with Crippen LogP contribution >= 0.6 is 0 Å². The topological polar surface area (TPSA) is 91.8 Å². The van der Waals surface area contributed by atoms with Crippen molar-refractivity contribution in [2.45, 2.75) is 32.4 Å². The maximum absolute atomic E-state index is 12.8. The molecule has 0 saturated carbocycles. The van der Waals surface area contributed by atoms with Crippen molar-refractivity contribution < 1.29 is 19.1 Å². The van der Waals surface area contributed by atoms with Gasteiger partial charge in [0.15, 0.2) is 0 Å². The molecule has 0 unspecified atom stereocenters. The molecule has 2 heterocycles. The van der Waals surface area contributed by atoms with E-state index >= 15 is 0 Å². The number of nitrogens with zero attached hydrogens (tertiary/aromatic N) is 3. The largest absolute Gasteiger partial charge is 0.375 e. The van der Waals surface area contributed by atoms with Gasteiger partial charge in [0.05, 0.1) is 5.56 Å². The number of rotatable bonds is 7. The Balaban J connectivity index is 2.12. The van der Waals surface area contributed by atoms with Crippen LogP contribution in [0.25, 0.3) is 0 Å². The van der Waals surface area contributed by atoms with Crippen molar-refractivity contribution in [2.24, 2.45) is 0 Å². The number of methoxy groups -OCH3 is 1. The second kappa shape index (κ2) is 9.28. The van der Waals surface area contributed by atoms with Crippen LogP contribution in [-0.2, 0) is 14.3 Å². The van der Waals surface area contributed by atoms with Gasteiger partial charge in [0, 0.05) is 45.2 Å². The summed E-state index contributed by atoms with van der Waals surface area (Å²) in [7, 11) is 1.44. The fourth-order valence-electron chi connectivity index (χ4n) is 3.17. The Hall–Kier alpha value is -2.48.